The topological polar surface area (TPSA) is 58.5 Å². The van der Waals surface area contributed by atoms with Crippen molar-refractivity contribution < 1.29 is 9.84 Å². The van der Waals surface area contributed by atoms with E-state index in [1.54, 1.807) is 0 Å². The van der Waals surface area contributed by atoms with Crippen LogP contribution in [0, 0.1) is 11.8 Å². The van der Waals surface area contributed by atoms with Crippen LogP contribution in [0.2, 0.25) is 5.02 Å². The molecule has 1 aromatic carbocycles. The van der Waals surface area contributed by atoms with Gasteiger partial charge in [0.05, 0.1) is 23.9 Å². The summed E-state index contributed by atoms with van der Waals surface area (Å²) in [5.41, 5.74) is 2.10. The normalized spacial score (nSPS) is 31.8. The van der Waals surface area contributed by atoms with Gasteiger partial charge < -0.3 is 9.84 Å². The zero-order chi connectivity index (χ0) is 17.7. The second kappa shape index (κ2) is 6.75. The maximum atomic E-state index is 10.2. The van der Waals surface area contributed by atoms with Crippen molar-refractivity contribution in [3.63, 3.8) is 0 Å². The molecule has 3 heterocycles. The molecule has 2 bridgehead atoms. The highest BCUT2D eigenvalue weighted by molar-refractivity contribution is 6.99. The smallest absolute Gasteiger partial charge is 0.251 e. The van der Waals surface area contributed by atoms with Crippen LogP contribution in [-0.2, 0) is 0 Å². The van der Waals surface area contributed by atoms with Crippen LogP contribution in [0.25, 0.3) is 0 Å². The highest BCUT2D eigenvalue weighted by Gasteiger charge is 2.43. The molecule has 2 aliphatic heterocycles. The quantitative estimate of drug-likeness (QED) is 0.838. The first-order valence-electron chi connectivity index (χ1n) is 9.35. The third-order valence-corrected chi connectivity index (χ3v) is 6.75. The minimum absolute atomic E-state index is 0.00965. The van der Waals surface area contributed by atoms with Crippen molar-refractivity contribution in [2.45, 2.75) is 43.9 Å². The van der Waals surface area contributed by atoms with Crippen LogP contribution in [0.1, 0.15) is 49.1 Å². The second-order valence-electron chi connectivity index (χ2n) is 7.76. The van der Waals surface area contributed by atoms with E-state index in [1.807, 2.05) is 24.3 Å². The molecule has 0 amide bonds. The van der Waals surface area contributed by atoms with E-state index in [0.29, 0.717) is 17.7 Å². The van der Waals surface area contributed by atoms with E-state index in [0.717, 1.165) is 42.2 Å². The number of piperidine rings is 1. The summed E-state index contributed by atoms with van der Waals surface area (Å²) in [5, 5.41) is 10.9. The largest absolute Gasteiger partial charge is 0.467 e. The maximum Gasteiger partial charge on any atom is 0.251 e. The van der Waals surface area contributed by atoms with Crippen LogP contribution in [0.5, 0.6) is 5.88 Å². The average molecular weight is 392 g/mol. The number of hydrogen-bond donors (Lipinski definition) is 1. The van der Waals surface area contributed by atoms with E-state index in [1.165, 1.54) is 24.6 Å². The van der Waals surface area contributed by atoms with Gasteiger partial charge in [-0.15, -0.1) is 4.37 Å². The first-order chi connectivity index (χ1) is 12.7. The number of nitrogens with zero attached hydrogens (tertiary/aromatic N) is 3. The van der Waals surface area contributed by atoms with Crippen molar-refractivity contribution in [2.24, 2.45) is 11.8 Å². The molecular weight excluding hydrogens is 370 g/mol. The molecule has 26 heavy (non-hydrogen) atoms. The molecule has 1 N–H and O–H groups in total. The number of ether oxygens (including phenoxy) is 1. The molecule has 1 saturated carbocycles. The van der Waals surface area contributed by atoms with Gasteiger partial charge in [-0.1, -0.05) is 23.7 Å². The Kier molecular flexibility index (Phi) is 4.39. The van der Waals surface area contributed by atoms with Crippen LogP contribution in [0.4, 0.5) is 0 Å². The van der Waals surface area contributed by atoms with Crippen molar-refractivity contribution in [1.82, 2.24) is 13.6 Å². The summed E-state index contributed by atoms with van der Waals surface area (Å²) < 4.78 is 15.5. The van der Waals surface area contributed by atoms with Crippen molar-refractivity contribution in [3.05, 3.63) is 40.5 Å². The van der Waals surface area contributed by atoms with E-state index < -0.39 is 0 Å². The van der Waals surface area contributed by atoms with Crippen molar-refractivity contribution in [1.29, 1.82) is 0 Å². The van der Waals surface area contributed by atoms with Crippen molar-refractivity contribution >= 4 is 23.3 Å². The Balaban J connectivity index is 1.39. The third kappa shape index (κ3) is 3.13. The van der Waals surface area contributed by atoms with Gasteiger partial charge in [0.15, 0.2) is 0 Å². The van der Waals surface area contributed by atoms with Crippen LogP contribution in [0.15, 0.2) is 24.3 Å². The molecule has 5 nitrogen and oxygen atoms in total. The summed E-state index contributed by atoms with van der Waals surface area (Å²) in [4.78, 5) is 2.34. The van der Waals surface area contributed by atoms with Crippen molar-refractivity contribution in [3.8, 4) is 5.88 Å². The first-order valence-corrected chi connectivity index (χ1v) is 10.5. The molecule has 3 fully saturated rings. The molecule has 138 valence electrons. The summed E-state index contributed by atoms with van der Waals surface area (Å²) in [6.45, 7) is 1.68. The molecule has 7 heteroatoms. The van der Waals surface area contributed by atoms with Gasteiger partial charge >= 0.3 is 0 Å². The molecule has 0 spiro atoms. The molecule has 2 aromatic rings. The van der Waals surface area contributed by atoms with E-state index in [4.69, 9.17) is 16.3 Å². The monoisotopic (exact) mass is 391 g/mol. The van der Waals surface area contributed by atoms with Gasteiger partial charge in [-0.2, -0.15) is 4.37 Å². The average Bonchev–Trinajstić information content (AvgIpc) is 3.32. The maximum absolute atomic E-state index is 10.2. The minimum Gasteiger partial charge on any atom is -0.467 e. The molecule has 5 rings (SSSR count). The molecule has 5 atom stereocenters. The number of benzene rings is 1. The molecule has 3 aliphatic rings. The fourth-order valence-corrected chi connectivity index (χ4v) is 5.04. The number of aromatic nitrogens is 2. The fraction of sp³-hybridized carbons (Fsp3) is 0.579. The van der Waals surface area contributed by atoms with Crippen molar-refractivity contribution in [2.75, 3.05) is 13.1 Å². The zero-order valence-electron chi connectivity index (χ0n) is 14.4. The van der Waals surface area contributed by atoms with E-state index in [2.05, 4.69) is 13.6 Å². The lowest BCUT2D eigenvalue weighted by molar-refractivity contribution is 0.143. The SMILES string of the molecule is OC1CN2CC1CCC2c1nsnc1OC(c1ccc(Cl)cc1)C1CC1. The number of rotatable bonds is 5. The summed E-state index contributed by atoms with van der Waals surface area (Å²) in [5.74, 6) is 1.62. The van der Waals surface area contributed by atoms with E-state index in [9.17, 15) is 5.11 Å². The Morgan fingerprint density at radius 2 is 1.92 bits per heavy atom. The lowest BCUT2D eigenvalue weighted by Crippen LogP contribution is -2.31. The minimum atomic E-state index is -0.204. The van der Waals surface area contributed by atoms with Crippen LogP contribution in [-0.4, -0.2) is 37.9 Å². The van der Waals surface area contributed by atoms with Gasteiger partial charge in [-0.05, 0) is 49.3 Å². The summed E-state index contributed by atoms with van der Waals surface area (Å²) in [6.07, 6.45) is 4.23. The molecule has 1 aromatic heterocycles. The predicted molar refractivity (Wildman–Crippen MR) is 100 cm³/mol. The summed E-state index contributed by atoms with van der Waals surface area (Å²) >= 11 is 7.26. The number of aliphatic hydroxyl groups is 1. The Labute approximate surface area is 162 Å². The van der Waals surface area contributed by atoms with Crippen LogP contribution >= 0.6 is 23.3 Å². The number of fused-ring (bicyclic) bond motifs is 2. The number of halogens is 1. The van der Waals surface area contributed by atoms with Gasteiger partial charge in [-0.25, -0.2) is 0 Å². The molecule has 5 unspecified atom stereocenters. The second-order valence-corrected chi connectivity index (χ2v) is 8.72. The summed E-state index contributed by atoms with van der Waals surface area (Å²) in [6, 6.07) is 8.15. The van der Waals surface area contributed by atoms with E-state index in [-0.39, 0.29) is 18.2 Å². The molecular formula is C19H22ClN3O2S. The van der Waals surface area contributed by atoms with Gasteiger partial charge in [0, 0.05) is 24.0 Å². The Morgan fingerprint density at radius 1 is 1.12 bits per heavy atom. The molecule has 1 aliphatic carbocycles. The summed E-state index contributed by atoms with van der Waals surface area (Å²) in [7, 11) is 0. The Morgan fingerprint density at radius 3 is 2.69 bits per heavy atom. The fourth-order valence-electron chi connectivity index (χ4n) is 4.37. The highest BCUT2D eigenvalue weighted by Crippen LogP contribution is 2.46. The van der Waals surface area contributed by atoms with E-state index >= 15 is 0 Å². The third-order valence-electron chi connectivity index (χ3n) is 5.97. The zero-order valence-corrected chi connectivity index (χ0v) is 16.0. The first kappa shape index (κ1) is 16.9. The Bertz CT molecular complexity index is 777. The van der Waals surface area contributed by atoms with Gasteiger partial charge in [0.25, 0.3) is 5.88 Å². The number of aliphatic hydroxyl groups excluding tert-OH is 1. The standard InChI is InChI=1S/C19H22ClN3O2S/c20-14-6-3-12(4-7-14)18(11-1-2-11)25-19-17(21-26-22-19)15-8-5-13-9-23(15)10-16(13)24/h3-4,6-7,11,13,15-16,18,24H,1-2,5,8-10H2. The van der Waals surface area contributed by atoms with Gasteiger partial charge in [0.1, 0.15) is 11.8 Å². The van der Waals surface area contributed by atoms with Crippen LogP contribution < -0.4 is 4.74 Å². The Hall–Kier alpha value is -1.21. The van der Waals surface area contributed by atoms with Gasteiger partial charge in [-0.3, -0.25) is 4.90 Å². The van der Waals surface area contributed by atoms with Gasteiger partial charge in [0.2, 0.25) is 0 Å². The predicted octanol–water partition coefficient (Wildman–Crippen LogP) is 3.85. The molecule has 0 radical (unpaired) electrons. The highest BCUT2D eigenvalue weighted by atomic mass is 35.5. The molecule has 2 saturated heterocycles. The lowest BCUT2D eigenvalue weighted by Gasteiger charge is -2.31. The number of hydrogen-bond acceptors (Lipinski definition) is 6. The van der Waals surface area contributed by atoms with Crippen LogP contribution in [0.3, 0.4) is 0 Å². The lowest BCUT2D eigenvalue weighted by atomic mass is 9.93.